The highest BCUT2D eigenvalue weighted by molar-refractivity contribution is 6.35. The molecular formula is C15H9ClFNO2. The average molecular weight is 290 g/mol. The lowest BCUT2D eigenvalue weighted by molar-refractivity contribution is 0.485. The van der Waals surface area contributed by atoms with E-state index in [1.54, 1.807) is 18.2 Å². The molecule has 0 aliphatic heterocycles. The van der Waals surface area contributed by atoms with Gasteiger partial charge in [0.25, 0.3) is 5.56 Å². The Labute approximate surface area is 118 Å². The molecule has 1 heterocycles. The molecule has 0 aliphatic rings. The average Bonchev–Trinajstić information content (AvgIpc) is 2.46. The maximum Gasteiger partial charge on any atom is 0.259 e. The summed E-state index contributed by atoms with van der Waals surface area (Å²) in [5.74, 6) is 0.465. The Hall–Kier alpha value is -2.33. The first kappa shape index (κ1) is 12.7. The summed E-state index contributed by atoms with van der Waals surface area (Å²) < 4.78 is 18.5. The van der Waals surface area contributed by atoms with Gasteiger partial charge in [0.2, 0.25) is 0 Å². The monoisotopic (exact) mass is 289 g/mol. The number of H-pyrrole nitrogens is 1. The van der Waals surface area contributed by atoms with E-state index in [9.17, 15) is 9.18 Å². The summed E-state index contributed by atoms with van der Waals surface area (Å²) in [6.07, 6.45) is 1.44. The standard InChI is InChI=1S/C15H9ClFNO2/c16-12-8-18-15(19)14-11(12)2-1-3-13(14)20-10-6-4-9(17)5-7-10/h1-8H,(H,18,19). The topological polar surface area (TPSA) is 42.1 Å². The van der Waals surface area contributed by atoms with E-state index in [4.69, 9.17) is 16.3 Å². The van der Waals surface area contributed by atoms with Crippen LogP contribution in [0.2, 0.25) is 5.02 Å². The third-order valence-corrected chi connectivity index (χ3v) is 3.19. The third-order valence-electron chi connectivity index (χ3n) is 2.88. The van der Waals surface area contributed by atoms with Crippen molar-refractivity contribution in [2.75, 3.05) is 0 Å². The first-order valence-corrected chi connectivity index (χ1v) is 6.26. The van der Waals surface area contributed by atoms with Crippen molar-refractivity contribution in [2.45, 2.75) is 0 Å². The minimum atomic E-state index is -0.351. The number of rotatable bonds is 2. The second kappa shape index (κ2) is 4.98. The maximum absolute atomic E-state index is 12.9. The van der Waals surface area contributed by atoms with Gasteiger partial charge in [0, 0.05) is 11.6 Å². The van der Waals surface area contributed by atoms with Gasteiger partial charge in [-0.25, -0.2) is 4.39 Å². The summed E-state index contributed by atoms with van der Waals surface area (Å²) >= 11 is 6.05. The van der Waals surface area contributed by atoms with Crippen LogP contribution < -0.4 is 10.3 Å². The van der Waals surface area contributed by atoms with Crippen molar-refractivity contribution in [2.24, 2.45) is 0 Å². The molecule has 1 aromatic heterocycles. The van der Waals surface area contributed by atoms with Crippen LogP contribution in [0, 0.1) is 5.82 Å². The number of ether oxygens (including phenoxy) is 1. The quantitative estimate of drug-likeness (QED) is 0.771. The lowest BCUT2D eigenvalue weighted by Crippen LogP contribution is -2.06. The molecule has 0 spiro atoms. The second-order valence-corrected chi connectivity index (χ2v) is 4.61. The van der Waals surface area contributed by atoms with Crippen molar-refractivity contribution >= 4 is 22.4 Å². The Kier molecular flexibility index (Phi) is 3.16. The van der Waals surface area contributed by atoms with Gasteiger partial charge in [0.15, 0.2) is 0 Å². The van der Waals surface area contributed by atoms with Gasteiger partial charge >= 0.3 is 0 Å². The largest absolute Gasteiger partial charge is 0.457 e. The number of benzene rings is 2. The second-order valence-electron chi connectivity index (χ2n) is 4.20. The summed E-state index contributed by atoms with van der Waals surface area (Å²) in [4.78, 5) is 14.5. The zero-order chi connectivity index (χ0) is 14.1. The number of hydrogen-bond acceptors (Lipinski definition) is 2. The highest BCUT2D eigenvalue weighted by atomic mass is 35.5. The molecule has 0 saturated carbocycles. The Bertz CT molecular complexity index is 827. The van der Waals surface area contributed by atoms with Crippen LogP contribution in [0.25, 0.3) is 10.8 Å². The zero-order valence-corrected chi connectivity index (χ0v) is 10.9. The fraction of sp³-hybridized carbons (Fsp3) is 0. The predicted octanol–water partition coefficient (Wildman–Crippen LogP) is 4.11. The highest BCUT2D eigenvalue weighted by Crippen LogP contribution is 2.30. The Morgan fingerprint density at radius 2 is 1.85 bits per heavy atom. The number of halogens is 2. The summed E-state index contributed by atoms with van der Waals surface area (Å²) in [5.41, 5.74) is -0.290. The van der Waals surface area contributed by atoms with Crippen LogP contribution in [0.4, 0.5) is 4.39 Å². The highest BCUT2D eigenvalue weighted by Gasteiger charge is 2.10. The van der Waals surface area contributed by atoms with E-state index < -0.39 is 0 Å². The van der Waals surface area contributed by atoms with Gasteiger partial charge in [-0.2, -0.15) is 0 Å². The molecule has 0 amide bonds. The molecule has 0 unspecified atom stereocenters. The summed E-state index contributed by atoms with van der Waals surface area (Å²) in [5, 5.41) is 1.41. The van der Waals surface area contributed by atoms with Crippen LogP contribution in [-0.2, 0) is 0 Å². The SMILES string of the molecule is O=c1[nH]cc(Cl)c2cccc(Oc3ccc(F)cc3)c12. The van der Waals surface area contributed by atoms with E-state index in [0.29, 0.717) is 27.3 Å². The number of hydrogen-bond donors (Lipinski definition) is 1. The number of aromatic amines is 1. The molecule has 0 fully saturated rings. The van der Waals surface area contributed by atoms with Gasteiger partial charge < -0.3 is 9.72 Å². The summed E-state index contributed by atoms with van der Waals surface area (Å²) in [6, 6.07) is 10.7. The van der Waals surface area contributed by atoms with Crippen molar-refractivity contribution < 1.29 is 9.13 Å². The lowest BCUT2D eigenvalue weighted by Gasteiger charge is -2.09. The fourth-order valence-electron chi connectivity index (χ4n) is 1.96. The van der Waals surface area contributed by atoms with Crippen LogP contribution >= 0.6 is 11.6 Å². The number of aromatic nitrogens is 1. The van der Waals surface area contributed by atoms with E-state index in [0.717, 1.165) is 0 Å². The minimum Gasteiger partial charge on any atom is -0.457 e. The first-order chi connectivity index (χ1) is 9.65. The van der Waals surface area contributed by atoms with Crippen molar-refractivity contribution in [1.29, 1.82) is 0 Å². The number of pyridine rings is 1. The number of fused-ring (bicyclic) bond motifs is 1. The van der Waals surface area contributed by atoms with Gasteiger partial charge in [-0.1, -0.05) is 23.7 Å². The van der Waals surface area contributed by atoms with E-state index in [2.05, 4.69) is 4.98 Å². The smallest absolute Gasteiger partial charge is 0.259 e. The summed E-state index contributed by atoms with van der Waals surface area (Å²) in [7, 11) is 0. The van der Waals surface area contributed by atoms with E-state index in [1.807, 2.05) is 0 Å². The van der Waals surface area contributed by atoms with Crippen molar-refractivity contribution in [3.8, 4) is 11.5 Å². The minimum absolute atomic E-state index is 0.290. The van der Waals surface area contributed by atoms with Crippen molar-refractivity contribution in [3.63, 3.8) is 0 Å². The summed E-state index contributed by atoms with van der Waals surface area (Å²) in [6.45, 7) is 0. The van der Waals surface area contributed by atoms with Gasteiger partial charge in [-0.05, 0) is 30.3 Å². The molecule has 3 aromatic rings. The molecule has 0 aliphatic carbocycles. The van der Waals surface area contributed by atoms with E-state index >= 15 is 0 Å². The fourth-order valence-corrected chi connectivity index (χ4v) is 2.17. The Morgan fingerprint density at radius 3 is 2.60 bits per heavy atom. The molecule has 0 saturated heterocycles. The van der Waals surface area contributed by atoms with E-state index in [-0.39, 0.29) is 11.4 Å². The molecule has 3 nitrogen and oxygen atoms in total. The molecule has 0 bridgehead atoms. The van der Waals surface area contributed by atoms with Crippen LogP contribution in [0.15, 0.2) is 53.5 Å². The van der Waals surface area contributed by atoms with Crippen LogP contribution in [-0.4, -0.2) is 4.98 Å². The predicted molar refractivity (Wildman–Crippen MR) is 76.1 cm³/mol. The van der Waals surface area contributed by atoms with Crippen LogP contribution in [0.3, 0.4) is 0 Å². The zero-order valence-electron chi connectivity index (χ0n) is 10.2. The Morgan fingerprint density at radius 1 is 1.10 bits per heavy atom. The molecule has 100 valence electrons. The maximum atomic E-state index is 12.9. The lowest BCUT2D eigenvalue weighted by atomic mass is 10.1. The molecule has 20 heavy (non-hydrogen) atoms. The molecule has 0 atom stereocenters. The van der Waals surface area contributed by atoms with Crippen LogP contribution in [0.1, 0.15) is 0 Å². The molecule has 1 N–H and O–H groups in total. The Balaban J connectivity index is 2.14. The molecule has 2 aromatic carbocycles. The van der Waals surface area contributed by atoms with Crippen LogP contribution in [0.5, 0.6) is 11.5 Å². The number of nitrogens with one attached hydrogen (secondary N) is 1. The molecule has 3 rings (SSSR count). The molecule has 0 radical (unpaired) electrons. The van der Waals surface area contributed by atoms with Crippen molar-refractivity contribution in [1.82, 2.24) is 4.98 Å². The normalized spacial score (nSPS) is 10.7. The third kappa shape index (κ3) is 2.26. The molecular weight excluding hydrogens is 281 g/mol. The first-order valence-electron chi connectivity index (χ1n) is 5.88. The van der Waals surface area contributed by atoms with Gasteiger partial charge in [0.05, 0.1) is 10.4 Å². The van der Waals surface area contributed by atoms with Crippen molar-refractivity contribution in [3.05, 3.63) is 69.9 Å². The van der Waals surface area contributed by atoms with Gasteiger partial charge in [0.1, 0.15) is 17.3 Å². The van der Waals surface area contributed by atoms with Gasteiger partial charge in [-0.15, -0.1) is 0 Å². The molecule has 5 heteroatoms. The van der Waals surface area contributed by atoms with Gasteiger partial charge in [-0.3, -0.25) is 4.79 Å². The van der Waals surface area contributed by atoms with E-state index in [1.165, 1.54) is 30.5 Å².